The zero-order valence-electron chi connectivity index (χ0n) is 19.0. The molecule has 0 atom stereocenters. The molecule has 3 aromatic rings. The molecule has 0 spiro atoms. The van der Waals surface area contributed by atoms with Gasteiger partial charge in [0.15, 0.2) is 0 Å². The average molecular weight is 406 g/mol. The minimum Gasteiger partial charge on any atom is -0.351 e. The molecule has 0 saturated carbocycles. The molecular weight excluding hydrogens is 374 g/mol. The fraction of sp³-hybridized carbons (Fsp3) is 0.200. The van der Waals surface area contributed by atoms with E-state index in [-0.39, 0.29) is 5.41 Å². The van der Waals surface area contributed by atoms with Crippen LogP contribution in [0.4, 0.5) is 5.69 Å². The lowest BCUT2D eigenvalue weighted by Crippen LogP contribution is -2.16. The predicted octanol–water partition coefficient (Wildman–Crippen LogP) is 8.06. The first-order chi connectivity index (χ1) is 15.0. The lowest BCUT2D eigenvalue weighted by atomic mass is 9.79. The average Bonchev–Trinajstić information content (AvgIpc) is 3.02. The summed E-state index contributed by atoms with van der Waals surface area (Å²) >= 11 is 0. The van der Waals surface area contributed by atoms with Gasteiger partial charge in [0.05, 0.1) is 0 Å². The van der Waals surface area contributed by atoms with E-state index in [0.717, 1.165) is 6.42 Å². The van der Waals surface area contributed by atoms with Crippen LogP contribution in [0, 0.1) is 0 Å². The normalized spacial score (nSPS) is 15.6. The molecule has 0 N–H and O–H groups in total. The van der Waals surface area contributed by atoms with Crippen LogP contribution in [0.5, 0.6) is 0 Å². The number of para-hydroxylation sites is 1. The lowest BCUT2D eigenvalue weighted by molar-refractivity contribution is 0.659. The van der Waals surface area contributed by atoms with Crippen molar-refractivity contribution < 1.29 is 0 Å². The highest BCUT2D eigenvalue weighted by molar-refractivity contribution is 5.96. The van der Waals surface area contributed by atoms with Crippen molar-refractivity contribution >= 4 is 22.0 Å². The summed E-state index contributed by atoms with van der Waals surface area (Å²) in [5, 5.41) is 2.70. The fourth-order valence-electron chi connectivity index (χ4n) is 4.75. The second-order valence-corrected chi connectivity index (χ2v) is 8.61. The van der Waals surface area contributed by atoms with E-state index in [2.05, 4.69) is 130 Å². The van der Waals surface area contributed by atoms with Crippen molar-refractivity contribution in [2.45, 2.75) is 32.6 Å². The van der Waals surface area contributed by atoms with E-state index in [1.165, 1.54) is 38.7 Å². The quantitative estimate of drug-likeness (QED) is 0.375. The summed E-state index contributed by atoms with van der Waals surface area (Å²) in [5.74, 6) is 0. The van der Waals surface area contributed by atoms with Crippen molar-refractivity contribution in [3.63, 3.8) is 0 Å². The van der Waals surface area contributed by atoms with Crippen molar-refractivity contribution in [2.75, 3.05) is 11.9 Å². The minimum atomic E-state index is -0.00472. The fourth-order valence-corrected chi connectivity index (χ4v) is 4.75. The van der Waals surface area contributed by atoms with Gasteiger partial charge in [-0.1, -0.05) is 99.7 Å². The number of fused-ring (bicyclic) bond motifs is 3. The zero-order chi connectivity index (χ0) is 21.8. The first-order valence-corrected chi connectivity index (χ1v) is 11.1. The summed E-state index contributed by atoms with van der Waals surface area (Å²) < 4.78 is 0. The van der Waals surface area contributed by atoms with Gasteiger partial charge in [-0.2, -0.15) is 0 Å². The summed E-state index contributed by atoms with van der Waals surface area (Å²) in [7, 11) is 2.07. The third-order valence-electron chi connectivity index (χ3n) is 6.30. The first-order valence-electron chi connectivity index (χ1n) is 11.1. The summed E-state index contributed by atoms with van der Waals surface area (Å²) in [6.45, 7) is 6.99. The Labute approximate surface area is 186 Å². The van der Waals surface area contributed by atoms with Crippen molar-refractivity contribution in [3.8, 4) is 0 Å². The molecule has 3 aromatic carbocycles. The lowest BCUT2D eigenvalue weighted by Gasteiger charge is -2.24. The SMILES string of the molecule is CCC1=C(C=CC=CC=CN(C)c2ccccc2)C(C)(C)c2c1ccc1ccccc21. The third-order valence-corrected chi connectivity index (χ3v) is 6.30. The Morgan fingerprint density at radius 1 is 0.806 bits per heavy atom. The maximum absolute atomic E-state index is 2.36. The Kier molecular flexibility index (Phi) is 5.95. The highest BCUT2D eigenvalue weighted by Gasteiger charge is 2.36. The van der Waals surface area contributed by atoms with Gasteiger partial charge < -0.3 is 4.90 Å². The molecule has 1 heteroatoms. The number of nitrogens with zero attached hydrogens (tertiary/aromatic N) is 1. The molecule has 1 aliphatic rings. The molecule has 0 aromatic heterocycles. The summed E-state index contributed by atoms with van der Waals surface area (Å²) in [4.78, 5) is 2.12. The Morgan fingerprint density at radius 2 is 1.52 bits per heavy atom. The molecule has 0 radical (unpaired) electrons. The van der Waals surface area contributed by atoms with Gasteiger partial charge in [-0.05, 0) is 57.7 Å². The third kappa shape index (κ3) is 4.01. The molecule has 0 saturated heterocycles. The highest BCUT2D eigenvalue weighted by Crippen LogP contribution is 2.50. The number of allylic oxidation sites excluding steroid dienone is 7. The maximum Gasteiger partial charge on any atom is 0.0403 e. The van der Waals surface area contributed by atoms with Crippen LogP contribution in [0.15, 0.2) is 109 Å². The van der Waals surface area contributed by atoms with E-state index < -0.39 is 0 Å². The Hall–Kier alpha value is -3.32. The van der Waals surface area contributed by atoms with Crippen molar-refractivity contribution in [2.24, 2.45) is 0 Å². The summed E-state index contributed by atoms with van der Waals surface area (Å²) in [6.07, 6.45) is 13.9. The second-order valence-electron chi connectivity index (χ2n) is 8.61. The van der Waals surface area contributed by atoms with Gasteiger partial charge in [-0.25, -0.2) is 0 Å². The number of benzene rings is 3. The molecule has 0 heterocycles. The highest BCUT2D eigenvalue weighted by atomic mass is 15.1. The smallest absolute Gasteiger partial charge is 0.0403 e. The van der Waals surface area contributed by atoms with Crippen LogP contribution in [0.25, 0.3) is 16.3 Å². The van der Waals surface area contributed by atoms with E-state index in [1.807, 2.05) is 6.07 Å². The van der Waals surface area contributed by atoms with E-state index in [9.17, 15) is 0 Å². The monoisotopic (exact) mass is 405 g/mol. The molecule has 156 valence electrons. The molecular formula is C30H31N. The van der Waals surface area contributed by atoms with Crippen molar-refractivity contribution in [3.05, 3.63) is 120 Å². The number of rotatable bonds is 6. The predicted molar refractivity (Wildman–Crippen MR) is 136 cm³/mol. The molecule has 0 fully saturated rings. The van der Waals surface area contributed by atoms with Crippen LogP contribution < -0.4 is 4.90 Å². The van der Waals surface area contributed by atoms with Gasteiger partial charge in [0.2, 0.25) is 0 Å². The zero-order valence-corrected chi connectivity index (χ0v) is 19.0. The molecule has 0 bridgehead atoms. The van der Waals surface area contributed by atoms with Crippen LogP contribution >= 0.6 is 0 Å². The number of hydrogen-bond donors (Lipinski definition) is 0. The molecule has 0 aliphatic heterocycles. The van der Waals surface area contributed by atoms with Crippen LogP contribution in [0.3, 0.4) is 0 Å². The largest absolute Gasteiger partial charge is 0.351 e. The van der Waals surface area contributed by atoms with Gasteiger partial charge in [0.25, 0.3) is 0 Å². The van der Waals surface area contributed by atoms with Gasteiger partial charge in [0, 0.05) is 24.4 Å². The van der Waals surface area contributed by atoms with E-state index in [4.69, 9.17) is 0 Å². The number of anilines is 1. The van der Waals surface area contributed by atoms with E-state index >= 15 is 0 Å². The molecule has 1 nitrogen and oxygen atoms in total. The van der Waals surface area contributed by atoms with Crippen LogP contribution in [-0.2, 0) is 5.41 Å². The van der Waals surface area contributed by atoms with Gasteiger partial charge >= 0.3 is 0 Å². The maximum atomic E-state index is 2.36. The molecule has 0 amide bonds. The summed E-state index contributed by atoms with van der Waals surface area (Å²) in [5.41, 5.74) is 6.95. The van der Waals surface area contributed by atoms with Crippen LogP contribution in [0.2, 0.25) is 0 Å². The first kappa shape index (κ1) is 20.9. The topological polar surface area (TPSA) is 3.24 Å². The Morgan fingerprint density at radius 3 is 2.29 bits per heavy atom. The standard InChI is InChI=1S/C30H31N/c1-5-25-27-21-20-23-15-12-13-18-26(23)29(27)30(2,3)28(25)19-11-6-7-14-22-31(4)24-16-9-8-10-17-24/h6-22H,5H2,1-4H3. The van der Waals surface area contributed by atoms with Crippen molar-refractivity contribution in [1.82, 2.24) is 0 Å². The van der Waals surface area contributed by atoms with Gasteiger partial charge in [-0.15, -0.1) is 0 Å². The van der Waals surface area contributed by atoms with Gasteiger partial charge in [0.1, 0.15) is 0 Å². The van der Waals surface area contributed by atoms with Crippen LogP contribution in [0.1, 0.15) is 38.3 Å². The number of hydrogen-bond acceptors (Lipinski definition) is 1. The molecule has 1 aliphatic carbocycles. The minimum absolute atomic E-state index is 0.00472. The molecule has 31 heavy (non-hydrogen) atoms. The van der Waals surface area contributed by atoms with E-state index in [0.29, 0.717) is 0 Å². The van der Waals surface area contributed by atoms with Crippen molar-refractivity contribution in [1.29, 1.82) is 0 Å². The Balaban J connectivity index is 1.56. The van der Waals surface area contributed by atoms with Crippen LogP contribution in [-0.4, -0.2) is 7.05 Å². The Bertz CT molecular complexity index is 1190. The molecule has 0 unspecified atom stereocenters. The van der Waals surface area contributed by atoms with E-state index in [1.54, 1.807) is 0 Å². The molecule has 4 rings (SSSR count). The van der Waals surface area contributed by atoms with Gasteiger partial charge in [-0.3, -0.25) is 0 Å². The second kappa shape index (κ2) is 8.81. The summed E-state index contributed by atoms with van der Waals surface area (Å²) in [6, 6.07) is 23.7.